The Morgan fingerprint density at radius 1 is 1.47 bits per heavy atom. The molecule has 1 aliphatic rings. The number of halogens is 1. The van der Waals surface area contributed by atoms with Crippen molar-refractivity contribution in [3.63, 3.8) is 0 Å². The van der Waals surface area contributed by atoms with Crippen molar-refractivity contribution in [2.24, 2.45) is 5.73 Å². The van der Waals surface area contributed by atoms with Gasteiger partial charge in [-0.1, -0.05) is 6.07 Å². The first-order chi connectivity index (χ1) is 8.74. The summed E-state index contributed by atoms with van der Waals surface area (Å²) in [5.41, 5.74) is 6.33. The zero-order valence-electron chi connectivity index (χ0n) is 10.5. The second kappa shape index (κ2) is 7.18. The molecule has 0 spiro atoms. The molecule has 0 fully saturated rings. The van der Waals surface area contributed by atoms with Crippen LogP contribution in [0.4, 0.5) is 0 Å². The monoisotopic (exact) mass is 288 g/mol. The van der Waals surface area contributed by atoms with Gasteiger partial charge in [-0.15, -0.1) is 12.4 Å². The maximum atomic E-state index is 11.6. The molecule has 1 atom stereocenters. The van der Waals surface area contributed by atoms with Crippen LogP contribution in [0, 0.1) is 0 Å². The van der Waals surface area contributed by atoms with Gasteiger partial charge in [0.05, 0.1) is 0 Å². The summed E-state index contributed by atoms with van der Waals surface area (Å²) >= 11 is 0. The van der Waals surface area contributed by atoms with Gasteiger partial charge in [-0.25, -0.2) is 0 Å². The van der Waals surface area contributed by atoms with Crippen LogP contribution in [-0.2, 0) is 16.1 Å². The number of ether oxygens (including phenoxy) is 3. The zero-order valence-corrected chi connectivity index (χ0v) is 11.4. The summed E-state index contributed by atoms with van der Waals surface area (Å²) in [6.45, 7) is 0.795. The van der Waals surface area contributed by atoms with Crippen LogP contribution >= 0.6 is 12.4 Å². The van der Waals surface area contributed by atoms with Crippen molar-refractivity contribution in [3.8, 4) is 11.5 Å². The van der Waals surface area contributed by atoms with Gasteiger partial charge in [-0.3, -0.25) is 4.79 Å². The fourth-order valence-corrected chi connectivity index (χ4v) is 1.66. The molecule has 1 aromatic carbocycles. The number of carbonyl (C=O) groups excluding carboxylic acids is 1. The van der Waals surface area contributed by atoms with E-state index in [-0.39, 0.29) is 31.7 Å². The molecule has 1 amide bonds. The fraction of sp³-hybridized carbons (Fsp3) is 0.417. The van der Waals surface area contributed by atoms with Gasteiger partial charge in [0.2, 0.25) is 6.79 Å². The summed E-state index contributed by atoms with van der Waals surface area (Å²) in [7, 11) is 1.46. The van der Waals surface area contributed by atoms with Gasteiger partial charge in [0.15, 0.2) is 11.5 Å². The summed E-state index contributed by atoms with van der Waals surface area (Å²) in [6, 6.07) is 5.53. The third-order valence-electron chi connectivity index (χ3n) is 2.69. The molecule has 0 saturated carbocycles. The number of carbonyl (C=O) groups is 1. The highest BCUT2D eigenvalue weighted by Gasteiger charge is 2.16. The summed E-state index contributed by atoms with van der Waals surface area (Å²) in [6.07, 6.45) is -0.612. The van der Waals surface area contributed by atoms with Gasteiger partial charge in [0, 0.05) is 20.2 Å². The zero-order chi connectivity index (χ0) is 13.0. The summed E-state index contributed by atoms with van der Waals surface area (Å²) in [4.78, 5) is 11.6. The molecule has 2 rings (SSSR count). The first-order valence-electron chi connectivity index (χ1n) is 5.63. The number of nitrogens with one attached hydrogen (secondary N) is 1. The molecule has 0 saturated heterocycles. The van der Waals surface area contributed by atoms with Crippen molar-refractivity contribution < 1.29 is 19.0 Å². The van der Waals surface area contributed by atoms with E-state index in [9.17, 15) is 4.79 Å². The molecular formula is C12H17ClN2O4. The van der Waals surface area contributed by atoms with Gasteiger partial charge in [0.1, 0.15) is 6.10 Å². The highest BCUT2D eigenvalue weighted by atomic mass is 35.5. The molecule has 0 bridgehead atoms. The average Bonchev–Trinajstić information content (AvgIpc) is 2.85. The quantitative estimate of drug-likeness (QED) is 0.821. The molecule has 0 aromatic heterocycles. The van der Waals surface area contributed by atoms with E-state index in [4.69, 9.17) is 19.9 Å². The number of rotatable bonds is 5. The predicted molar refractivity (Wildman–Crippen MR) is 71.5 cm³/mol. The number of nitrogens with two attached hydrogens (primary N) is 1. The first-order valence-corrected chi connectivity index (χ1v) is 5.63. The molecule has 19 heavy (non-hydrogen) atoms. The van der Waals surface area contributed by atoms with E-state index in [0.29, 0.717) is 12.3 Å². The number of hydrogen-bond acceptors (Lipinski definition) is 5. The third kappa shape index (κ3) is 3.73. The Labute approximate surface area is 117 Å². The molecule has 3 N–H and O–H groups in total. The van der Waals surface area contributed by atoms with Crippen molar-refractivity contribution >= 4 is 18.3 Å². The lowest BCUT2D eigenvalue weighted by atomic mass is 10.2. The van der Waals surface area contributed by atoms with Crippen LogP contribution in [0.25, 0.3) is 0 Å². The minimum atomic E-state index is -0.612. The van der Waals surface area contributed by atoms with Crippen LogP contribution < -0.4 is 20.5 Å². The second-order valence-electron chi connectivity index (χ2n) is 3.87. The van der Waals surface area contributed by atoms with Crippen LogP contribution in [0.15, 0.2) is 18.2 Å². The Kier molecular flexibility index (Phi) is 5.88. The summed E-state index contributed by atoms with van der Waals surface area (Å²) < 4.78 is 15.4. The highest BCUT2D eigenvalue weighted by molar-refractivity contribution is 5.85. The van der Waals surface area contributed by atoms with Crippen LogP contribution in [-0.4, -0.2) is 32.5 Å². The summed E-state index contributed by atoms with van der Waals surface area (Å²) in [5.74, 6) is 1.20. The largest absolute Gasteiger partial charge is 0.454 e. The smallest absolute Gasteiger partial charge is 0.250 e. The standard InChI is InChI=1S/C12H16N2O4.ClH/c1-16-11(5-13)12(15)14-6-8-2-3-9-10(4-8)18-7-17-9;/h2-4,11H,5-7,13H2,1H3,(H,14,15);1H. The number of benzene rings is 1. The van der Waals surface area contributed by atoms with Gasteiger partial charge >= 0.3 is 0 Å². The van der Waals surface area contributed by atoms with Crippen LogP contribution in [0.3, 0.4) is 0 Å². The average molecular weight is 289 g/mol. The van der Waals surface area contributed by atoms with E-state index in [1.807, 2.05) is 18.2 Å². The van der Waals surface area contributed by atoms with E-state index < -0.39 is 6.10 Å². The van der Waals surface area contributed by atoms with E-state index >= 15 is 0 Å². The van der Waals surface area contributed by atoms with Crippen molar-refractivity contribution in [3.05, 3.63) is 23.8 Å². The van der Waals surface area contributed by atoms with Crippen molar-refractivity contribution in [1.29, 1.82) is 0 Å². The number of hydrogen-bond donors (Lipinski definition) is 2. The van der Waals surface area contributed by atoms with Gasteiger partial charge in [0.25, 0.3) is 5.91 Å². The molecule has 6 nitrogen and oxygen atoms in total. The second-order valence-corrected chi connectivity index (χ2v) is 3.87. The molecule has 0 aliphatic carbocycles. The topological polar surface area (TPSA) is 82.8 Å². The van der Waals surface area contributed by atoms with E-state index in [0.717, 1.165) is 11.3 Å². The number of amides is 1. The van der Waals surface area contributed by atoms with E-state index in [1.165, 1.54) is 7.11 Å². The molecule has 106 valence electrons. The Bertz CT molecular complexity index is 438. The predicted octanol–water partition coefficient (Wildman–Crippen LogP) is 0.427. The lowest BCUT2D eigenvalue weighted by Gasteiger charge is -2.13. The van der Waals surface area contributed by atoms with Gasteiger partial charge in [-0.2, -0.15) is 0 Å². The van der Waals surface area contributed by atoms with Crippen molar-refractivity contribution in [2.75, 3.05) is 20.4 Å². The molecule has 1 heterocycles. The minimum absolute atomic E-state index is 0. The maximum Gasteiger partial charge on any atom is 0.250 e. The summed E-state index contributed by atoms with van der Waals surface area (Å²) in [5, 5.41) is 2.75. The molecule has 7 heteroatoms. The molecule has 1 aliphatic heterocycles. The Morgan fingerprint density at radius 3 is 2.89 bits per heavy atom. The highest BCUT2D eigenvalue weighted by Crippen LogP contribution is 2.32. The Hall–Kier alpha value is -1.50. The molecule has 0 radical (unpaired) electrons. The lowest BCUT2D eigenvalue weighted by Crippen LogP contribution is -2.40. The third-order valence-corrected chi connectivity index (χ3v) is 2.69. The minimum Gasteiger partial charge on any atom is -0.454 e. The Morgan fingerprint density at radius 2 is 2.21 bits per heavy atom. The van der Waals surface area contributed by atoms with Crippen LogP contribution in [0.5, 0.6) is 11.5 Å². The van der Waals surface area contributed by atoms with E-state index in [2.05, 4.69) is 5.32 Å². The van der Waals surface area contributed by atoms with Gasteiger partial charge in [-0.05, 0) is 17.7 Å². The molecular weight excluding hydrogens is 272 g/mol. The fourth-order valence-electron chi connectivity index (χ4n) is 1.66. The normalized spacial score (nSPS) is 13.6. The number of methoxy groups -OCH3 is 1. The van der Waals surface area contributed by atoms with Crippen LogP contribution in [0.2, 0.25) is 0 Å². The number of fused-ring (bicyclic) bond motifs is 1. The van der Waals surface area contributed by atoms with E-state index in [1.54, 1.807) is 0 Å². The first kappa shape index (κ1) is 15.6. The van der Waals surface area contributed by atoms with Crippen molar-refractivity contribution in [1.82, 2.24) is 5.32 Å². The lowest BCUT2D eigenvalue weighted by molar-refractivity contribution is -0.130. The Balaban J connectivity index is 0.00000180. The van der Waals surface area contributed by atoms with Crippen LogP contribution in [0.1, 0.15) is 5.56 Å². The van der Waals surface area contributed by atoms with Gasteiger partial charge < -0.3 is 25.3 Å². The molecule has 1 unspecified atom stereocenters. The van der Waals surface area contributed by atoms with Crippen molar-refractivity contribution in [2.45, 2.75) is 12.6 Å². The maximum absolute atomic E-state index is 11.6. The molecule has 1 aromatic rings. The SMILES string of the molecule is COC(CN)C(=O)NCc1ccc2c(c1)OCO2.Cl.